The lowest BCUT2D eigenvalue weighted by Gasteiger charge is -2.27. The van der Waals surface area contributed by atoms with Crippen LogP contribution in [0.15, 0.2) is 71.9 Å². The van der Waals surface area contributed by atoms with E-state index in [1.165, 1.54) is 29.2 Å². The van der Waals surface area contributed by atoms with Crippen LogP contribution >= 0.6 is 11.8 Å². The minimum Gasteiger partial charge on any atom is -0.325 e. The zero-order chi connectivity index (χ0) is 24.5. The molecule has 1 N–H and O–H groups in total. The van der Waals surface area contributed by atoms with Crippen molar-refractivity contribution in [3.63, 3.8) is 0 Å². The largest absolute Gasteiger partial charge is 0.446 e. The molecule has 1 aliphatic heterocycles. The highest BCUT2D eigenvalue weighted by molar-refractivity contribution is 8.00. The van der Waals surface area contributed by atoms with Gasteiger partial charge in [-0.25, -0.2) is 19.7 Å². The number of imide groups is 1. The Hall–Kier alpha value is -3.60. The van der Waals surface area contributed by atoms with Gasteiger partial charge >= 0.3 is 11.5 Å². The van der Waals surface area contributed by atoms with Gasteiger partial charge in [0.25, 0.3) is 5.91 Å². The molecular formula is C23H20F3N5O2S. The number of carbonyl (C=O) groups excluding carboxylic acids is 2. The van der Waals surface area contributed by atoms with Gasteiger partial charge in [0.1, 0.15) is 17.2 Å². The molecule has 2 aromatic heterocycles. The number of thioether (sulfide) groups is 1. The molecule has 4 rings (SSSR count). The lowest BCUT2D eigenvalue weighted by atomic mass is 10.0. The molecule has 1 saturated heterocycles. The fraction of sp³-hybridized carbons (Fsp3) is 0.217. The van der Waals surface area contributed by atoms with Crippen molar-refractivity contribution in [1.29, 1.82) is 0 Å². The number of halogens is 3. The van der Waals surface area contributed by atoms with Crippen molar-refractivity contribution in [2.75, 3.05) is 10.2 Å². The average Bonchev–Trinajstić information content (AvgIpc) is 2.94. The third-order valence-corrected chi connectivity index (χ3v) is 5.98. The van der Waals surface area contributed by atoms with E-state index in [1.54, 1.807) is 50.5 Å². The number of amides is 3. The molecule has 0 aliphatic carbocycles. The van der Waals surface area contributed by atoms with E-state index in [0.29, 0.717) is 11.6 Å². The molecule has 1 fully saturated rings. The van der Waals surface area contributed by atoms with Crippen LogP contribution < -0.4 is 10.2 Å². The normalized spacial score (nSPS) is 15.7. The van der Waals surface area contributed by atoms with E-state index in [-0.39, 0.29) is 28.9 Å². The van der Waals surface area contributed by atoms with Crippen LogP contribution in [0.1, 0.15) is 19.4 Å². The standard InChI is InChI=1S/C23H20F3N5O2S/c1-22(2)20(32)31(16-6-8-17(9-7-16)34-23(24,25)26)21(33)30(22)14-15-10-12-28-19(13-15)29-18-5-3-4-11-27-18/h3-13H,14H2,1-2H3,(H,27,28,29). The molecule has 0 saturated carbocycles. The summed E-state index contributed by atoms with van der Waals surface area (Å²) in [6, 6.07) is 13.5. The van der Waals surface area contributed by atoms with Gasteiger partial charge in [-0.15, -0.1) is 0 Å². The maximum Gasteiger partial charge on any atom is 0.446 e. The second-order valence-corrected chi connectivity index (χ2v) is 9.14. The van der Waals surface area contributed by atoms with Gasteiger partial charge in [-0.05, 0) is 79.7 Å². The third kappa shape index (κ3) is 4.98. The molecule has 34 heavy (non-hydrogen) atoms. The smallest absolute Gasteiger partial charge is 0.325 e. The fourth-order valence-corrected chi connectivity index (χ4v) is 4.06. The highest BCUT2D eigenvalue weighted by atomic mass is 32.2. The van der Waals surface area contributed by atoms with Crippen molar-refractivity contribution in [1.82, 2.24) is 14.9 Å². The predicted octanol–water partition coefficient (Wildman–Crippen LogP) is 5.58. The van der Waals surface area contributed by atoms with Crippen molar-refractivity contribution in [3.8, 4) is 0 Å². The number of benzene rings is 1. The van der Waals surface area contributed by atoms with Crippen molar-refractivity contribution >= 4 is 41.0 Å². The van der Waals surface area contributed by atoms with Gasteiger partial charge in [0.15, 0.2) is 0 Å². The highest BCUT2D eigenvalue weighted by Gasteiger charge is 2.51. The lowest BCUT2D eigenvalue weighted by molar-refractivity contribution is -0.123. The highest BCUT2D eigenvalue weighted by Crippen LogP contribution is 2.39. The average molecular weight is 488 g/mol. The fourth-order valence-electron chi connectivity index (χ4n) is 3.52. The summed E-state index contributed by atoms with van der Waals surface area (Å²) in [7, 11) is 0. The van der Waals surface area contributed by atoms with Gasteiger partial charge in [-0.3, -0.25) is 4.79 Å². The number of hydrogen-bond donors (Lipinski definition) is 1. The Bertz CT molecular complexity index is 1200. The van der Waals surface area contributed by atoms with Gasteiger partial charge in [-0.2, -0.15) is 13.2 Å². The molecule has 0 unspecified atom stereocenters. The quantitative estimate of drug-likeness (QED) is 0.361. The zero-order valence-corrected chi connectivity index (χ0v) is 19.0. The first-order valence-corrected chi connectivity index (χ1v) is 11.0. The molecule has 11 heteroatoms. The molecule has 0 radical (unpaired) electrons. The summed E-state index contributed by atoms with van der Waals surface area (Å²) in [5.74, 6) is 0.675. The molecule has 7 nitrogen and oxygen atoms in total. The lowest BCUT2D eigenvalue weighted by Crippen LogP contribution is -2.43. The number of nitrogens with one attached hydrogen (secondary N) is 1. The molecule has 3 aromatic rings. The van der Waals surface area contributed by atoms with Crippen molar-refractivity contribution in [2.24, 2.45) is 0 Å². The van der Waals surface area contributed by atoms with Crippen LogP contribution in [-0.4, -0.2) is 37.9 Å². The summed E-state index contributed by atoms with van der Waals surface area (Å²) in [6.07, 6.45) is 3.23. The molecule has 0 spiro atoms. The van der Waals surface area contributed by atoms with E-state index in [0.717, 1.165) is 10.5 Å². The van der Waals surface area contributed by atoms with Gasteiger partial charge in [-0.1, -0.05) is 6.07 Å². The Balaban J connectivity index is 1.54. The van der Waals surface area contributed by atoms with E-state index >= 15 is 0 Å². The zero-order valence-electron chi connectivity index (χ0n) is 18.2. The van der Waals surface area contributed by atoms with Crippen LogP contribution in [0, 0.1) is 0 Å². The third-order valence-electron chi connectivity index (χ3n) is 5.24. The van der Waals surface area contributed by atoms with Crippen LogP contribution in [0.4, 0.5) is 35.3 Å². The molecule has 3 heterocycles. The Kier molecular flexibility index (Phi) is 6.22. The molecule has 176 valence electrons. The number of aromatic nitrogens is 2. The van der Waals surface area contributed by atoms with Crippen LogP contribution in [0.5, 0.6) is 0 Å². The minimum absolute atomic E-state index is 0.0313. The number of rotatable bonds is 6. The van der Waals surface area contributed by atoms with E-state index in [1.807, 2.05) is 6.07 Å². The van der Waals surface area contributed by atoms with Crippen molar-refractivity contribution in [2.45, 2.75) is 36.3 Å². The summed E-state index contributed by atoms with van der Waals surface area (Å²) >= 11 is -0.258. The molecule has 1 aliphatic rings. The Labute approximate surface area is 198 Å². The number of anilines is 3. The summed E-state index contributed by atoms with van der Waals surface area (Å²) in [5.41, 5.74) is -4.63. The first-order valence-electron chi connectivity index (χ1n) is 10.2. The van der Waals surface area contributed by atoms with Crippen LogP contribution in [0.2, 0.25) is 0 Å². The van der Waals surface area contributed by atoms with Crippen molar-refractivity contribution in [3.05, 3.63) is 72.6 Å². The first-order chi connectivity index (χ1) is 16.0. The summed E-state index contributed by atoms with van der Waals surface area (Å²) in [5, 5.41) is 3.08. The Morgan fingerprint density at radius 3 is 2.32 bits per heavy atom. The van der Waals surface area contributed by atoms with E-state index in [4.69, 9.17) is 0 Å². The van der Waals surface area contributed by atoms with Gasteiger partial charge < -0.3 is 10.2 Å². The molecule has 1 aromatic carbocycles. The Morgan fingerprint density at radius 2 is 1.68 bits per heavy atom. The van der Waals surface area contributed by atoms with Gasteiger partial charge in [0, 0.05) is 23.8 Å². The van der Waals surface area contributed by atoms with E-state index < -0.39 is 23.0 Å². The van der Waals surface area contributed by atoms with E-state index in [2.05, 4.69) is 15.3 Å². The molecule has 0 bridgehead atoms. The number of hydrogen-bond acceptors (Lipinski definition) is 6. The number of nitrogens with zero attached hydrogens (tertiary/aromatic N) is 4. The maximum absolute atomic E-state index is 13.2. The number of pyridine rings is 2. The van der Waals surface area contributed by atoms with Crippen LogP contribution in [-0.2, 0) is 11.3 Å². The summed E-state index contributed by atoms with van der Waals surface area (Å²) < 4.78 is 37.8. The van der Waals surface area contributed by atoms with Crippen LogP contribution in [0.25, 0.3) is 0 Å². The van der Waals surface area contributed by atoms with E-state index in [9.17, 15) is 22.8 Å². The number of carbonyl (C=O) groups is 2. The number of urea groups is 1. The SMILES string of the molecule is CC1(C)C(=O)N(c2ccc(SC(F)(F)F)cc2)C(=O)N1Cc1ccnc(Nc2ccccn2)c1. The number of alkyl halides is 3. The van der Waals surface area contributed by atoms with Crippen molar-refractivity contribution < 1.29 is 22.8 Å². The van der Waals surface area contributed by atoms with Crippen LogP contribution in [0.3, 0.4) is 0 Å². The topological polar surface area (TPSA) is 78.4 Å². The predicted molar refractivity (Wildman–Crippen MR) is 123 cm³/mol. The Morgan fingerprint density at radius 1 is 0.971 bits per heavy atom. The maximum atomic E-state index is 13.2. The minimum atomic E-state index is -4.42. The molecular weight excluding hydrogens is 467 g/mol. The first kappa shape index (κ1) is 23.6. The molecule has 3 amide bonds. The monoisotopic (exact) mass is 487 g/mol. The summed E-state index contributed by atoms with van der Waals surface area (Å²) in [6.45, 7) is 3.40. The summed E-state index contributed by atoms with van der Waals surface area (Å²) in [4.78, 5) is 37.2. The molecule has 0 atom stereocenters. The second-order valence-electron chi connectivity index (χ2n) is 8.00. The van der Waals surface area contributed by atoms with Gasteiger partial charge in [0.2, 0.25) is 0 Å². The second kappa shape index (κ2) is 8.98. The van der Waals surface area contributed by atoms with Gasteiger partial charge in [0.05, 0.1) is 5.69 Å².